The van der Waals surface area contributed by atoms with Gasteiger partial charge in [-0.2, -0.15) is 0 Å². The van der Waals surface area contributed by atoms with E-state index in [-0.39, 0.29) is 5.82 Å². The third kappa shape index (κ3) is 3.45. The van der Waals surface area contributed by atoms with Crippen LogP contribution < -0.4 is 0 Å². The number of hydrogen-bond acceptors (Lipinski definition) is 3. The second-order valence-electron chi connectivity index (χ2n) is 5.30. The molecule has 3 nitrogen and oxygen atoms in total. The number of benzene rings is 2. The molecule has 0 fully saturated rings. The summed E-state index contributed by atoms with van der Waals surface area (Å²) in [6, 6.07) is 15.1. The first-order valence-corrected chi connectivity index (χ1v) is 8.54. The maximum absolute atomic E-state index is 13.7. The Bertz CT molecular complexity index is 814. The highest BCUT2D eigenvalue weighted by molar-refractivity contribution is 7.98. The van der Waals surface area contributed by atoms with Gasteiger partial charge in [0.15, 0.2) is 11.0 Å². The summed E-state index contributed by atoms with van der Waals surface area (Å²) < 4.78 is 15.8. The minimum absolute atomic E-state index is 0.179. The van der Waals surface area contributed by atoms with E-state index in [1.807, 2.05) is 18.2 Å². The summed E-state index contributed by atoms with van der Waals surface area (Å²) in [5.41, 5.74) is 2.92. The fourth-order valence-corrected chi connectivity index (χ4v) is 3.42. The smallest absolute Gasteiger partial charge is 0.191 e. The molecule has 2 aromatic carbocycles. The zero-order chi connectivity index (χ0) is 16.2. The van der Waals surface area contributed by atoms with E-state index in [1.54, 1.807) is 12.1 Å². The van der Waals surface area contributed by atoms with E-state index in [4.69, 9.17) is 0 Å². The van der Waals surface area contributed by atoms with Crippen LogP contribution in [0.3, 0.4) is 0 Å². The molecule has 0 bridgehead atoms. The lowest BCUT2D eigenvalue weighted by Gasteiger charge is -2.08. The number of rotatable bonds is 5. The Morgan fingerprint density at radius 3 is 2.65 bits per heavy atom. The predicted octanol–water partition coefficient (Wildman–Crippen LogP) is 4.70. The van der Waals surface area contributed by atoms with E-state index < -0.39 is 0 Å². The molecule has 0 saturated carbocycles. The monoisotopic (exact) mass is 327 g/mol. The summed E-state index contributed by atoms with van der Waals surface area (Å²) in [5, 5.41) is 9.43. The van der Waals surface area contributed by atoms with Crippen LogP contribution in [-0.4, -0.2) is 14.8 Å². The van der Waals surface area contributed by atoms with Gasteiger partial charge in [-0.25, -0.2) is 4.39 Å². The number of thioether (sulfide) groups is 1. The minimum atomic E-state index is -0.179. The number of aromatic nitrogens is 3. The molecule has 0 atom stereocenters. The zero-order valence-electron chi connectivity index (χ0n) is 13.2. The second-order valence-corrected chi connectivity index (χ2v) is 6.24. The van der Waals surface area contributed by atoms with E-state index in [0.717, 1.165) is 23.1 Å². The van der Waals surface area contributed by atoms with Gasteiger partial charge in [-0.05, 0) is 31.5 Å². The van der Waals surface area contributed by atoms with Gasteiger partial charge in [0.25, 0.3) is 0 Å². The average Bonchev–Trinajstić information content (AvgIpc) is 2.97. The van der Waals surface area contributed by atoms with Gasteiger partial charge in [0, 0.05) is 17.9 Å². The largest absolute Gasteiger partial charge is 0.302 e. The quantitative estimate of drug-likeness (QED) is 0.636. The molecule has 0 radical (unpaired) electrons. The van der Waals surface area contributed by atoms with Crippen LogP contribution in [0, 0.1) is 12.7 Å². The average molecular weight is 327 g/mol. The molecule has 3 rings (SSSR count). The van der Waals surface area contributed by atoms with Crippen molar-refractivity contribution in [3.63, 3.8) is 0 Å². The van der Waals surface area contributed by atoms with Gasteiger partial charge in [0.05, 0.1) is 0 Å². The van der Waals surface area contributed by atoms with Crippen molar-refractivity contribution >= 4 is 11.8 Å². The van der Waals surface area contributed by atoms with Crippen molar-refractivity contribution in [1.82, 2.24) is 14.8 Å². The van der Waals surface area contributed by atoms with Crippen LogP contribution >= 0.6 is 11.8 Å². The van der Waals surface area contributed by atoms with Crippen LogP contribution in [-0.2, 0) is 12.3 Å². The maximum Gasteiger partial charge on any atom is 0.191 e. The second kappa shape index (κ2) is 6.96. The fourth-order valence-electron chi connectivity index (χ4n) is 2.44. The zero-order valence-corrected chi connectivity index (χ0v) is 14.0. The molecule has 3 aromatic rings. The first kappa shape index (κ1) is 15.7. The van der Waals surface area contributed by atoms with Gasteiger partial charge in [-0.1, -0.05) is 53.7 Å². The van der Waals surface area contributed by atoms with Crippen LogP contribution in [0.4, 0.5) is 4.39 Å². The molecule has 1 heterocycles. The molecule has 5 heteroatoms. The van der Waals surface area contributed by atoms with Crippen LogP contribution in [0.2, 0.25) is 0 Å². The normalized spacial score (nSPS) is 10.9. The van der Waals surface area contributed by atoms with Crippen LogP contribution in [0.1, 0.15) is 18.1 Å². The Morgan fingerprint density at radius 2 is 1.91 bits per heavy atom. The van der Waals surface area contributed by atoms with Gasteiger partial charge < -0.3 is 4.57 Å². The van der Waals surface area contributed by atoms with Gasteiger partial charge in [-0.3, -0.25) is 0 Å². The molecule has 23 heavy (non-hydrogen) atoms. The van der Waals surface area contributed by atoms with E-state index >= 15 is 0 Å². The number of nitrogens with zero attached hydrogens (tertiary/aromatic N) is 3. The topological polar surface area (TPSA) is 30.7 Å². The lowest BCUT2D eigenvalue weighted by atomic mass is 10.1. The molecule has 0 aliphatic heterocycles. The minimum Gasteiger partial charge on any atom is -0.302 e. The Morgan fingerprint density at radius 1 is 1.09 bits per heavy atom. The highest BCUT2D eigenvalue weighted by Crippen LogP contribution is 2.27. The molecular weight excluding hydrogens is 309 g/mol. The summed E-state index contributed by atoms with van der Waals surface area (Å²) in [6.07, 6.45) is 0. The van der Waals surface area contributed by atoms with Gasteiger partial charge in [0.2, 0.25) is 0 Å². The summed E-state index contributed by atoms with van der Waals surface area (Å²) in [6.45, 7) is 4.90. The SMILES string of the molecule is CCn1c(SCc2ccccc2F)nnc1-c1cccc(C)c1. The fraction of sp³-hybridized carbons (Fsp3) is 0.222. The third-order valence-electron chi connectivity index (χ3n) is 3.62. The van der Waals surface area contributed by atoms with Gasteiger partial charge >= 0.3 is 0 Å². The molecule has 0 unspecified atom stereocenters. The number of halogens is 1. The van der Waals surface area contributed by atoms with E-state index in [1.165, 1.54) is 23.4 Å². The molecule has 0 aliphatic carbocycles. The predicted molar refractivity (Wildman–Crippen MR) is 91.8 cm³/mol. The maximum atomic E-state index is 13.7. The Labute approximate surface area is 139 Å². The summed E-state index contributed by atoms with van der Waals surface area (Å²) >= 11 is 1.51. The summed E-state index contributed by atoms with van der Waals surface area (Å²) in [4.78, 5) is 0. The lowest BCUT2D eigenvalue weighted by molar-refractivity contribution is 0.617. The first-order chi connectivity index (χ1) is 11.2. The van der Waals surface area contributed by atoms with Gasteiger partial charge in [-0.15, -0.1) is 10.2 Å². The molecule has 0 spiro atoms. The van der Waals surface area contributed by atoms with E-state index in [2.05, 4.69) is 40.7 Å². The van der Waals surface area contributed by atoms with E-state index in [9.17, 15) is 4.39 Å². The van der Waals surface area contributed by atoms with Crippen molar-refractivity contribution in [2.24, 2.45) is 0 Å². The Hall–Kier alpha value is -2.14. The van der Waals surface area contributed by atoms with Crippen molar-refractivity contribution in [2.75, 3.05) is 0 Å². The Balaban J connectivity index is 1.85. The van der Waals surface area contributed by atoms with Crippen LogP contribution in [0.15, 0.2) is 53.7 Å². The molecule has 0 N–H and O–H groups in total. The van der Waals surface area contributed by atoms with Crippen molar-refractivity contribution in [2.45, 2.75) is 31.3 Å². The molecule has 118 valence electrons. The third-order valence-corrected chi connectivity index (χ3v) is 4.64. The first-order valence-electron chi connectivity index (χ1n) is 7.55. The van der Waals surface area contributed by atoms with Crippen molar-refractivity contribution in [1.29, 1.82) is 0 Å². The molecule has 0 saturated heterocycles. The van der Waals surface area contributed by atoms with Crippen LogP contribution in [0.5, 0.6) is 0 Å². The van der Waals surface area contributed by atoms with E-state index in [0.29, 0.717) is 11.3 Å². The molecule has 1 aromatic heterocycles. The molecule has 0 amide bonds. The Kier molecular flexibility index (Phi) is 4.76. The highest BCUT2D eigenvalue weighted by Gasteiger charge is 2.14. The van der Waals surface area contributed by atoms with Crippen molar-refractivity contribution in [3.8, 4) is 11.4 Å². The standard InChI is InChI=1S/C18H18FN3S/c1-3-22-17(14-9-6-7-13(2)11-14)20-21-18(22)23-12-15-8-4-5-10-16(15)19/h4-11H,3,12H2,1-2H3. The number of aryl methyl sites for hydroxylation is 1. The van der Waals surface area contributed by atoms with Crippen molar-refractivity contribution < 1.29 is 4.39 Å². The summed E-state index contributed by atoms with van der Waals surface area (Å²) in [5.74, 6) is 1.22. The molecule has 0 aliphatic rings. The van der Waals surface area contributed by atoms with Gasteiger partial charge in [0.1, 0.15) is 5.82 Å². The van der Waals surface area contributed by atoms with Crippen molar-refractivity contribution in [3.05, 3.63) is 65.5 Å². The highest BCUT2D eigenvalue weighted by atomic mass is 32.2. The summed E-state index contributed by atoms with van der Waals surface area (Å²) in [7, 11) is 0. The lowest BCUT2D eigenvalue weighted by Crippen LogP contribution is -2.00. The van der Waals surface area contributed by atoms with Crippen LogP contribution in [0.25, 0.3) is 11.4 Å². The number of hydrogen-bond donors (Lipinski definition) is 0. The molecular formula is C18H18FN3S.